The second-order valence-corrected chi connectivity index (χ2v) is 4.10. The maximum atomic E-state index is 10.9. The Hall–Kier alpha value is -2.31. The highest BCUT2D eigenvalue weighted by molar-refractivity contribution is 5.77. The lowest BCUT2D eigenvalue weighted by Gasteiger charge is -2.07. The predicted molar refractivity (Wildman–Crippen MR) is 61.7 cm³/mol. The zero-order valence-corrected chi connectivity index (χ0v) is 10.0. The Bertz CT molecular complexity index is 474. The van der Waals surface area contributed by atoms with E-state index in [4.69, 9.17) is 19.7 Å². The van der Waals surface area contributed by atoms with Gasteiger partial charge in [0.15, 0.2) is 0 Å². The first-order valence-corrected chi connectivity index (χ1v) is 5.62. The molecule has 0 aliphatic heterocycles. The van der Waals surface area contributed by atoms with Crippen LogP contribution in [0.2, 0.25) is 0 Å². The quantitative estimate of drug-likeness (QED) is 0.643. The molecule has 7 nitrogen and oxygen atoms in total. The van der Waals surface area contributed by atoms with Crippen molar-refractivity contribution in [3.63, 3.8) is 0 Å². The van der Waals surface area contributed by atoms with E-state index in [1.807, 2.05) is 0 Å². The second kappa shape index (κ2) is 6.58. The zero-order valence-electron chi connectivity index (χ0n) is 10.0. The van der Waals surface area contributed by atoms with Gasteiger partial charge in [0.25, 0.3) is 0 Å². The number of rotatable bonds is 8. The van der Waals surface area contributed by atoms with Crippen LogP contribution in [-0.4, -0.2) is 33.2 Å². The van der Waals surface area contributed by atoms with Crippen molar-refractivity contribution < 1.29 is 34.1 Å². The minimum absolute atomic E-state index is 0.0330. The number of aliphatic carboxylic acids is 3. The number of hydrogen-bond donors (Lipinski definition) is 3. The number of aryl methyl sites for hydroxylation is 1. The van der Waals surface area contributed by atoms with Crippen molar-refractivity contribution in [3.05, 3.63) is 23.7 Å². The molecule has 1 unspecified atom stereocenters. The summed E-state index contributed by atoms with van der Waals surface area (Å²) in [4.78, 5) is 31.8. The van der Waals surface area contributed by atoms with Crippen LogP contribution in [0.25, 0.3) is 0 Å². The molecule has 7 heteroatoms. The van der Waals surface area contributed by atoms with Crippen molar-refractivity contribution in [2.75, 3.05) is 0 Å². The summed E-state index contributed by atoms with van der Waals surface area (Å²) in [5.74, 6) is -3.62. The molecule has 0 spiro atoms. The molecule has 19 heavy (non-hydrogen) atoms. The molecule has 0 saturated carbocycles. The molecule has 1 atom stereocenters. The normalized spacial score (nSPS) is 12.0. The number of furan rings is 1. The van der Waals surface area contributed by atoms with Crippen molar-refractivity contribution in [2.24, 2.45) is 5.92 Å². The Labute approximate surface area is 108 Å². The summed E-state index contributed by atoms with van der Waals surface area (Å²) in [5.41, 5.74) is 0. The van der Waals surface area contributed by atoms with E-state index >= 15 is 0 Å². The first-order valence-electron chi connectivity index (χ1n) is 5.62. The fraction of sp³-hybridized carbons (Fsp3) is 0.417. The lowest BCUT2D eigenvalue weighted by Crippen LogP contribution is -2.19. The molecule has 1 aromatic heterocycles. The fourth-order valence-corrected chi connectivity index (χ4v) is 1.60. The summed E-state index contributed by atoms with van der Waals surface area (Å²) >= 11 is 0. The van der Waals surface area contributed by atoms with Crippen molar-refractivity contribution in [2.45, 2.75) is 25.7 Å². The molecule has 0 aliphatic carbocycles. The molecular weight excluding hydrogens is 256 g/mol. The SMILES string of the molecule is O=C(O)CCc1ccc(CC(CC(=O)O)C(=O)O)o1. The molecular formula is C12H14O7. The number of carbonyl (C=O) groups is 3. The Balaban J connectivity index is 2.62. The molecule has 104 valence electrons. The van der Waals surface area contributed by atoms with Crippen molar-refractivity contribution >= 4 is 17.9 Å². The van der Waals surface area contributed by atoms with Gasteiger partial charge in [0.1, 0.15) is 11.5 Å². The van der Waals surface area contributed by atoms with Crippen LogP contribution in [0.3, 0.4) is 0 Å². The molecule has 0 radical (unpaired) electrons. The largest absolute Gasteiger partial charge is 0.481 e. The standard InChI is InChI=1S/C12H14O7/c13-10(14)4-3-8-1-2-9(19-8)5-7(12(17)18)6-11(15)16/h1-2,7H,3-6H2,(H,13,14)(H,15,16)(H,17,18). The van der Waals surface area contributed by atoms with Crippen molar-refractivity contribution in [1.29, 1.82) is 0 Å². The van der Waals surface area contributed by atoms with E-state index in [1.165, 1.54) is 6.07 Å². The smallest absolute Gasteiger partial charge is 0.307 e. The topological polar surface area (TPSA) is 125 Å². The number of carboxylic acids is 3. The third-order valence-corrected chi connectivity index (χ3v) is 2.52. The Kier molecular flexibility index (Phi) is 5.11. The van der Waals surface area contributed by atoms with Gasteiger partial charge >= 0.3 is 17.9 Å². The van der Waals surface area contributed by atoms with Gasteiger partial charge in [-0.25, -0.2) is 0 Å². The lowest BCUT2D eigenvalue weighted by atomic mass is 10.0. The van der Waals surface area contributed by atoms with E-state index in [9.17, 15) is 14.4 Å². The zero-order chi connectivity index (χ0) is 14.4. The highest BCUT2D eigenvalue weighted by Crippen LogP contribution is 2.17. The molecule has 0 fully saturated rings. The van der Waals surface area contributed by atoms with Gasteiger partial charge in [0.05, 0.1) is 18.8 Å². The number of carboxylic acid groups (broad SMARTS) is 3. The van der Waals surface area contributed by atoms with Crippen LogP contribution >= 0.6 is 0 Å². The van der Waals surface area contributed by atoms with Gasteiger partial charge < -0.3 is 19.7 Å². The molecule has 1 rings (SSSR count). The van der Waals surface area contributed by atoms with Gasteiger partial charge in [0.2, 0.25) is 0 Å². The maximum Gasteiger partial charge on any atom is 0.307 e. The molecule has 0 saturated heterocycles. The molecule has 1 aromatic rings. The summed E-state index contributed by atoms with van der Waals surface area (Å²) in [7, 11) is 0. The summed E-state index contributed by atoms with van der Waals surface area (Å²) in [6.07, 6.45) is -0.383. The van der Waals surface area contributed by atoms with E-state index in [0.29, 0.717) is 11.5 Å². The second-order valence-electron chi connectivity index (χ2n) is 4.10. The van der Waals surface area contributed by atoms with Gasteiger partial charge in [0, 0.05) is 12.8 Å². The van der Waals surface area contributed by atoms with E-state index in [-0.39, 0.29) is 19.3 Å². The Morgan fingerprint density at radius 2 is 1.68 bits per heavy atom. The molecule has 0 bridgehead atoms. The van der Waals surface area contributed by atoms with E-state index in [2.05, 4.69) is 0 Å². The van der Waals surface area contributed by atoms with Gasteiger partial charge in [-0.15, -0.1) is 0 Å². The maximum absolute atomic E-state index is 10.9. The molecule has 0 aliphatic rings. The van der Waals surface area contributed by atoms with Crippen molar-refractivity contribution in [1.82, 2.24) is 0 Å². The molecule has 0 amide bonds. The summed E-state index contributed by atoms with van der Waals surface area (Å²) in [5, 5.41) is 26.0. The van der Waals surface area contributed by atoms with Crippen LogP contribution in [0.5, 0.6) is 0 Å². The summed E-state index contributed by atoms with van der Waals surface area (Å²) in [6.45, 7) is 0. The van der Waals surface area contributed by atoms with E-state index in [0.717, 1.165) is 0 Å². The van der Waals surface area contributed by atoms with Crippen LogP contribution in [-0.2, 0) is 27.2 Å². The van der Waals surface area contributed by atoms with Crippen LogP contribution < -0.4 is 0 Å². The van der Waals surface area contributed by atoms with Gasteiger partial charge in [-0.3, -0.25) is 14.4 Å². The minimum atomic E-state index is -1.20. The Morgan fingerprint density at radius 3 is 2.21 bits per heavy atom. The summed E-state index contributed by atoms with van der Waals surface area (Å²) in [6, 6.07) is 3.10. The predicted octanol–water partition coefficient (Wildman–Crippen LogP) is 1.01. The third kappa shape index (κ3) is 5.24. The molecule has 3 N–H and O–H groups in total. The highest BCUT2D eigenvalue weighted by atomic mass is 16.4. The average Bonchev–Trinajstić information content (AvgIpc) is 2.72. The van der Waals surface area contributed by atoms with Crippen molar-refractivity contribution in [3.8, 4) is 0 Å². The average molecular weight is 270 g/mol. The minimum Gasteiger partial charge on any atom is -0.481 e. The Morgan fingerprint density at radius 1 is 1.05 bits per heavy atom. The first kappa shape index (κ1) is 14.7. The molecule has 0 aromatic carbocycles. The van der Waals surface area contributed by atoms with E-state index < -0.39 is 30.2 Å². The van der Waals surface area contributed by atoms with Gasteiger partial charge in [-0.1, -0.05) is 0 Å². The highest BCUT2D eigenvalue weighted by Gasteiger charge is 2.22. The van der Waals surface area contributed by atoms with Gasteiger partial charge in [-0.2, -0.15) is 0 Å². The number of hydrogen-bond acceptors (Lipinski definition) is 4. The monoisotopic (exact) mass is 270 g/mol. The molecule has 1 heterocycles. The van der Waals surface area contributed by atoms with E-state index in [1.54, 1.807) is 6.07 Å². The van der Waals surface area contributed by atoms with Crippen LogP contribution in [0.1, 0.15) is 24.4 Å². The third-order valence-electron chi connectivity index (χ3n) is 2.52. The van der Waals surface area contributed by atoms with Crippen LogP contribution in [0.15, 0.2) is 16.5 Å². The lowest BCUT2D eigenvalue weighted by molar-refractivity contribution is -0.148. The first-order chi connectivity index (χ1) is 8.88. The van der Waals surface area contributed by atoms with Crippen LogP contribution in [0, 0.1) is 5.92 Å². The fourth-order valence-electron chi connectivity index (χ4n) is 1.60. The summed E-state index contributed by atoms with van der Waals surface area (Å²) < 4.78 is 5.28. The van der Waals surface area contributed by atoms with Crippen LogP contribution in [0.4, 0.5) is 0 Å². The van der Waals surface area contributed by atoms with Gasteiger partial charge in [-0.05, 0) is 12.1 Å².